The highest BCUT2D eigenvalue weighted by Gasteiger charge is 2.18. The van der Waals surface area contributed by atoms with Gasteiger partial charge in [0.1, 0.15) is 0 Å². The molecule has 0 spiro atoms. The number of halogens is 1. The summed E-state index contributed by atoms with van der Waals surface area (Å²) in [6, 6.07) is 5.11. The van der Waals surface area contributed by atoms with Crippen LogP contribution in [0, 0.1) is 6.92 Å². The van der Waals surface area contributed by atoms with Crippen molar-refractivity contribution in [2.75, 3.05) is 26.7 Å². The molecule has 4 nitrogen and oxygen atoms in total. The summed E-state index contributed by atoms with van der Waals surface area (Å²) < 4.78 is 0. The number of aliphatic imine (C=N–C) groups is 1. The molecule has 0 radical (unpaired) electrons. The van der Waals surface area contributed by atoms with Gasteiger partial charge in [-0.3, -0.25) is 0 Å². The zero-order chi connectivity index (χ0) is 15.8. The van der Waals surface area contributed by atoms with Crippen LogP contribution in [0.25, 0.3) is 0 Å². The molecule has 0 aromatic carbocycles. The molecule has 1 heterocycles. The van der Waals surface area contributed by atoms with Gasteiger partial charge in [-0.2, -0.15) is 0 Å². The van der Waals surface area contributed by atoms with Gasteiger partial charge in [0.05, 0.1) is 6.54 Å². The Balaban J connectivity index is 0.00000264. The summed E-state index contributed by atoms with van der Waals surface area (Å²) >= 11 is 1.82. The lowest BCUT2D eigenvalue weighted by molar-refractivity contribution is 0.249. The molecule has 0 unspecified atom stereocenters. The Hall–Kier alpha value is -0.340. The summed E-state index contributed by atoms with van der Waals surface area (Å²) in [4.78, 5) is 9.84. The predicted molar refractivity (Wildman–Crippen MR) is 112 cm³/mol. The minimum atomic E-state index is 0. The van der Waals surface area contributed by atoms with Gasteiger partial charge < -0.3 is 15.5 Å². The van der Waals surface area contributed by atoms with Crippen LogP contribution in [0.5, 0.6) is 0 Å². The van der Waals surface area contributed by atoms with E-state index in [0.29, 0.717) is 0 Å². The van der Waals surface area contributed by atoms with E-state index in [-0.39, 0.29) is 24.0 Å². The smallest absolute Gasteiger partial charge is 0.191 e. The van der Waals surface area contributed by atoms with Crippen molar-refractivity contribution in [3.63, 3.8) is 0 Å². The number of nitrogens with one attached hydrogen (secondary N) is 2. The lowest BCUT2D eigenvalue weighted by atomic mass is 10.2. The van der Waals surface area contributed by atoms with E-state index in [0.717, 1.165) is 38.2 Å². The molecule has 0 bridgehead atoms. The number of hydrogen-bond acceptors (Lipinski definition) is 3. The SMILES string of the molecule is CCNC(=NCc1ccc(C)s1)NCCN(C)C1CCCC1.I. The molecular weight excluding hydrogens is 419 g/mol. The van der Waals surface area contributed by atoms with Gasteiger partial charge in [-0.25, -0.2) is 4.99 Å². The zero-order valence-electron chi connectivity index (χ0n) is 14.6. The average molecular weight is 450 g/mol. The molecule has 2 rings (SSSR count). The summed E-state index contributed by atoms with van der Waals surface area (Å²) in [7, 11) is 2.25. The number of hydrogen-bond donors (Lipinski definition) is 2. The molecule has 132 valence electrons. The molecule has 1 aromatic heterocycles. The highest BCUT2D eigenvalue weighted by Crippen LogP contribution is 2.21. The van der Waals surface area contributed by atoms with Crippen LogP contribution in [0.2, 0.25) is 0 Å². The fourth-order valence-corrected chi connectivity index (χ4v) is 3.76. The highest BCUT2D eigenvalue weighted by atomic mass is 127. The normalized spacial score (nSPS) is 15.7. The first-order valence-corrected chi connectivity index (χ1v) is 9.28. The van der Waals surface area contributed by atoms with Crippen LogP contribution in [0.4, 0.5) is 0 Å². The van der Waals surface area contributed by atoms with E-state index in [2.05, 4.69) is 53.6 Å². The number of rotatable bonds is 7. The summed E-state index contributed by atoms with van der Waals surface area (Å²) in [5, 5.41) is 6.78. The van der Waals surface area contributed by atoms with Crippen molar-refractivity contribution >= 4 is 41.3 Å². The van der Waals surface area contributed by atoms with Crippen LogP contribution in [0.15, 0.2) is 17.1 Å². The maximum atomic E-state index is 4.68. The molecular formula is C17H31IN4S. The molecule has 1 aliphatic carbocycles. The molecule has 1 saturated carbocycles. The molecule has 1 aromatic rings. The van der Waals surface area contributed by atoms with Crippen LogP contribution in [-0.4, -0.2) is 43.6 Å². The fourth-order valence-electron chi connectivity index (χ4n) is 2.95. The standard InChI is InChI=1S/C17H30N4S.HI/c1-4-18-17(20-13-16-10-9-14(2)22-16)19-11-12-21(3)15-7-5-6-8-15;/h9-10,15H,4-8,11-13H2,1-3H3,(H2,18,19,20);1H. The van der Waals surface area contributed by atoms with E-state index in [1.807, 2.05) is 11.3 Å². The Morgan fingerprint density at radius 2 is 2.04 bits per heavy atom. The predicted octanol–water partition coefficient (Wildman–Crippen LogP) is 3.60. The van der Waals surface area contributed by atoms with Crippen molar-refractivity contribution < 1.29 is 0 Å². The van der Waals surface area contributed by atoms with Gasteiger partial charge >= 0.3 is 0 Å². The zero-order valence-corrected chi connectivity index (χ0v) is 17.7. The molecule has 0 aliphatic heterocycles. The first-order valence-electron chi connectivity index (χ1n) is 8.46. The van der Waals surface area contributed by atoms with Crippen molar-refractivity contribution in [3.8, 4) is 0 Å². The fraction of sp³-hybridized carbons (Fsp3) is 0.706. The van der Waals surface area contributed by atoms with E-state index in [4.69, 9.17) is 0 Å². The van der Waals surface area contributed by atoms with Crippen molar-refractivity contribution in [1.29, 1.82) is 0 Å². The average Bonchev–Trinajstić information content (AvgIpc) is 3.16. The van der Waals surface area contributed by atoms with E-state index < -0.39 is 0 Å². The van der Waals surface area contributed by atoms with Crippen molar-refractivity contribution in [1.82, 2.24) is 15.5 Å². The number of thiophene rings is 1. The van der Waals surface area contributed by atoms with Gasteiger partial charge in [0, 0.05) is 35.4 Å². The van der Waals surface area contributed by atoms with Gasteiger partial charge in [-0.15, -0.1) is 35.3 Å². The second kappa shape index (κ2) is 11.3. The van der Waals surface area contributed by atoms with Gasteiger partial charge in [-0.05, 0) is 45.9 Å². The monoisotopic (exact) mass is 450 g/mol. The first kappa shape index (κ1) is 20.7. The number of guanidine groups is 1. The third-order valence-electron chi connectivity index (χ3n) is 4.24. The van der Waals surface area contributed by atoms with Gasteiger partial charge in [0.25, 0.3) is 0 Å². The number of aryl methyl sites for hydroxylation is 1. The van der Waals surface area contributed by atoms with Crippen LogP contribution in [-0.2, 0) is 6.54 Å². The topological polar surface area (TPSA) is 39.7 Å². The molecule has 0 amide bonds. The molecule has 6 heteroatoms. The van der Waals surface area contributed by atoms with E-state index >= 15 is 0 Å². The summed E-state index contributed by atoms with van der Waals surface area (Å²) in [6.07, 6.45) is 5.52. The van der Waals surface area contributed by atoms with Crippen LogP contribution < -0.4 is 10.6 Å². The van der Waals surface area contributed by atoms with E-state index in [1.54, 1.807) is 0 Å². The van der Waals surface area contributed by atoms with E-state index in [1.165, 1.54) is 35.4 Å². The lowest BCUT2D eigenvalue weighted by Gasteiger charge is -2.24. The van der Waals surface area contributed by atoms with Crippen molar-refractivity contribution in [3.05, 3.63) is 21.9 Å². The Morgan fingerprint density at radius 3 is 2.65 bits per heavy atom. The lowest BCUT2D eigenvalue weighted by Crippen LogP contribution is -2.42. The summed E-state index contributed by atoms with van der Waals surface area (Å²) in [6.45, 7) is 7.92. The van der Waals surface area contributed by atoms with Crippen molar-refractivity contribution in [2.24, 2.45) is 4.99 Å². The van der Waals surface area contributed by atoms with Crippen molar-refractivity contribution in [2.45, 2.75) is 52.1 Å². The second-order valence-corrected chi connectivity index (χ2v) is 7.43. The summed E-state index contributed by atoms with van der Waals surface area (Å²) in [5.74, 6) is 0.924. The Labute approximate surface area is 162 Å². The van der Waals surface area contributed by atoms with Crippen LogP contribution >= 0.6 is 35.3 Å². The van der Waals surface area contributed by atoms with Gasteiger partial charge in [-0.1, -0.05) is 12.8 Å². The Morgan fingerprint density at radius 1 is 1.30 bits per heavy atom. The molecule has 0 atom stereocenters. The Bertz CT molecular complexity index is 469. The van der Waals surface area contributed by atoms with E-state index in [9.17, 15) is 0 Å². The third kappa shape index (κ3) is 7.39. The maximum absolute atomic E-state index is 4.68. The largest absolute Gasteiger partial charge is 0.357 e. The van der Waals surface area contributed by atoms with Crippen LogP contribution in [0.1, 0.15) is 42.4 Å². The second-order valence-electron chi connectivity index (χ2n) is 6.05. The molecule has 1 fully saturated rings. The van der Waals surface area contributed by atoms with Crippen LogP contribution in [0.3, 0.4) is 0 Å². The molecule has 0 saturated heterocycles. The number of nitrogens with zero attached hydrogens (tertiary/aromatic N) is 2. The first-order chi connectivity index (χ1) is 10.7. The molecule has 23 heavy (non-hydrogen) atoms. The highest BCUT2D eigenvalue weighted by molar-refractivity contribution is 14.0. The Kier molecular flexibility index (Phi) is 10.1. The minimum Gasteiger partial charge on any atom is -0.357 e. The number of likely N-dealkylation sites (N-methyl/N-ethyl adjacent to an activating group) is 1. The maximum Gasteiger partial charge on any atom is 0.191 e. The van der Waals surface area contributed by atoms with Gasteiger partial charge in [0.2, 0.25) is 0 Å². The minimum absolute atomic E-state index is 0. The molecule has 2 N–H and O–H groups in total. The van der Waals surface area contributed by atoms with Gasteiger partial charge in [0.15, 0.2) is 5.96 Å². The molecule has 1 aliphatic rings. The third-order valence-corrected chi connectivity index (χ3v) is 5.22. The summed E-state index contributed by atoms with van der Waals surface area (Å²) in [5.41, 5.74) is 0. The quantitative estimate of drug-likeness (QED) is 0.379.